The fourth-order valence-corrected chi connectivity index (χ4v) is 3.20. The Morgan fingerprint density at radius 1 is 1.41 bits per heavy atom. The maximum absolute atomic E-state index is 12.2. The van der Waals surface area contributed by atoms with Crippen LogP contribution in [-0.2, 0) is 15.6 Å². The van der Waals surface area contributed by atoms with E-state index in [4.69, 9.17) is 4.52 Å². The molecule has 1 atom stereocenters. The predicted molar refractivity (Wildman–Crippen MR) is 72.4 cm³/mol. The molecule has 1 aromatic carbocycles. The fourth-order valence-electron chi connectivity index (χ4n) is 1.56. The third kappa shape index (κ3) is 5.31. The molecule has 0 spiro atoms. The van der Waals surface area contributed by atoms with E-state index in [0.29, 0.717) is 25.6 Å². The van der Waals surface area contributed by atoms with Crippen molar-refractivity contribution < 1.29 is 9.09 Å². The lowest BCUT2D eigenvalue weighted by molar-refractivity contribution is 0.332. The van der Waals surface area contributed by atoms with E-state index in [0.717, 1.165) is 0 Å². The normalized spacial score (nSPS) is 14.2. The third-order valence-electron chi connectivity index (χ3n) is 2.30. The second-order valence-electron chi connectivity index (χ2n) is 3.77. The van der Waals surface area contributed by atoms with Crippen molar-refractivity contribution in [1.82, 2.24) is 5.32 Å². The van der Waals surface area contributed by atoms with Crippen LogP contribution in [0.3, 0.4) is 0 Å². The van der Waals surface area contributed by atoms with Crippen LogP contribution in [0, 0.1) is 0 Å². The van der Waals surface area contributed by atoms with Crippen LogP contribution in [0.5, 0.6) is 0 Å². The Morgan fingerprint density at radius 3 is 2.71 bits per heavy atom. The van der Waals surface area contributed by atoms with Crippen molar-refractivity contribution in [3.63, 3.8) is 0 Å². The van der Waals surface area contributed by atoms with Crippen LogP contribution in [0.15, 0.2) is 43.0 Å². The lowest BCUT2D eigenvalue weighted by Crippen LogP contribution is -2.17. The van der Waals surface area contributed by atoms with E-state index >= 15 is 0 Å². The highest BCUT2D eigenvalue weighted by Gasteiger charge is 2.19. The van der Waals surface area contributed by atoms with Crippen LogP contribution in [-0.4, -0.2) is 19.1 Å². The first-order chi connectivity index (χ1) is 8.20. The van der Waals surface area contributed by atoms with E-state index in [1.54, 1.807) is 6.08 Å². The van der Waals surface area contributed by atoms with E-state index in [1.165, 1.54) is 5.56 Å². The van der Waals surface area contributed by atoms with Crippen molar-refractivity contribution in [3.05, 3.63) is 48.6 Å². The summed E-state index contributed by atoms with van der Waals surface area (Å²) in [6.07, 6.45) is 2.46. The molecule has 0 saturated heterocycles. The van der Waals surface area contributed by atoms with Gasteiger partial charge in [0.15, 0.2) is 0 Å². The van der Waals surface area contributed by atoms with E-state index in [1.807, 2.05) is 37.3 Å². The molecule has 94 valence electrons. The molecule has 1 unspecified atom stereocenters. The van der Waals surface area contributed by atoms with E-state index in [9.17, 15) is 4.57 Å². The summed E-state index contributed by atoms with van der Waals surface area (Å²) in [5, 5.41) is 3.18. The fraction of sp³-hybridized carbons (Fsp3) is 0.385. The summed E-state index contributed by atoms with van der Waals surface area (Å²) in [5.74, 6) is 0. The summed E-state index contributed by atoms with van der Waals surface area (Å²) in [6, 6.07) is 10.0. The van der Waals surface area contributed by atoms with Crippen LogP contribution < -0.4 is 5.32 Å². The standard InChI is InChI=1S/C13H20NO2P/c1-3-10-17(15,16-4-2)12-14-11-13-8-6-5-7-9-13/h3,5-9,14H,1,4,10-12H2,2H3. The third-order valence-corrected chi connectivity index (χ3v) is 4.55. The minimum Gasteiger partial charge on any atom is -0.328 e. The molecule has 1 aromatic rings. The Bertz CT molecular complexity index is 378. The second-order valence-corrected chi connectivity index (χ2v) is 6.34. The predicted octanol–water partition coefficient (Wildman–Crippen LogP) is 3.23. The average molecular weight is 253 g/mol. The molecular formula is C13H20NO2P. The van der Waals surface area contributed by atoms with Crippen LogP contribution in [0.25, 0.3) is 0 Å². The van der Waals surface area contributed by atoms with Gasteiger partial charge in [0.2, 0.25) is 7.37 Å². The number of allylic oxidation sites excluding steroid dienone is 1. The van der Waals surface area contributed by atoms with Gasteiger partial charge in [0.1, 0.15) is 0 Å². The SMILES string of the molecule is C=CCP(=O)(CNCc1ccccc1)OCC. The topological polar surface area (TPSA) is 38.3 Å². The molecule has 0 fully saturated rings. The minimum atomic E-state index is -2.59. The summed E-state index contributed by atoms with van der Waals surface area (Å²) < 4.78 is 17.6. The van der Waals surface area contributed by atoms with Gasteiger partial charge in [0.25, 0.3) is 0 Å². The number of nitrogens with one attached hydrogen (secondary N) is 1. The van der Waals surface area contributed by atoms with Gasteiger partial charge in [-0.2, -0.15) is 0 Å². The summed E-state index contributed by atoms with van der Waals surface area (Å²) in [5.41, 5.74) is 1.18. The van der Waals surface area contributed by atoms with Crippen molar-refractivity contribution >= 4 is 7.37 Å². The maximum Gasteiger partial charge on any atom is 0.220 e. The highest BCUT2D eigenvalue weighted by molar-refractivity contribution is 7.59. The monoisotopic (exact) mass is 253 g/mol. The summed E-state index contributed by atoms with van der Waals surface area (Å²) >= 11 is 0. The first-order valence-corrected chi connectivity index (χ1v) is 7.78. The molecule has 3 nitrogen and oxygen atoms in total. The smallest absolute Gasteiger partial charge is 0.220 e. The lowest BCUT2D eigenvalue weighted by Gasteiger charge is -2.16. The number of hydrogen-bond acceptors (Lipinski definition) is 3. The summed E-state index contributed by atoms with van der Waals surface area (Å²) in [6.45, 7) is 6.64. The van der Waals surface area contributed by atoms with Crippen molar-refractivity contribution in [1.29, 1.82) is 0 Å². The lowest BCUT2D eigenvalue weighted by atomic mass is 10.2. The van der Waals surface area contributed by atoms with Gasteiger partial charge in [-0.15, -0.1) is 6.58 Å². The zero-order valence-electron chi connectivity index (χ0n) is 10.3. The van der Waals surface area contributed by atoms with Crippen LogP contribution in [0.4, 0.5) is 0 Å². The van der Waals surface area contributed by atoms with Gasteiger partial charge in [-0.1, -0.05) is 36.4 Å². The van der Waals surface area contributed by atoms with Gasteiger partial charge in [0, 0.05) is 12.7 Å². The zero-order chi connectivity index (χ0) is 12.6. The Morgan fingerprint density at radius 2 is 2.12 bits per heavy atom. The molecule has 0 aliphatic carbocycles. The van der Waals surface area contributed by atoms with Crippen LogP contribution >= 0.6 is 7.37 Å². The van der Waals surface area contributed by atoms with Gasteiger partial charge in [-0.05, 0) is 12.5 Å². The molecule has 0 aromatic heterocycles. The molecule has 0 radical (unpaired) electrons. The molecule has 0 bridgehead atoms. The number of benzene rings is 1. The first kappa shape index (κ1) is 14.2. The molecule has 17 heavy (non-hydrogen) atoms. The van der Waals surface area contributed by atoms with Gasteiger partial charge in [-0.25, -0.2) is 0 Å². The van der Waals surface area contributed by atoms with Crippen molar-refractivity contribution in [3.8, 4) is 0 Å². The molecule has 1 rings (SSSR count). The Kier molecular flexibility index (Phi) is 6.20. The molecule has 0 heterocycles. The first-order valence-electron chi connectivity index (χ1n) is 5.78. The van der Waals surface area contributed by atoms with Crippen LogP contribution in [0.2, 0.25) is 0 Å². The van der Waals surface area contributed by atoms with Gasteiger partial charge >= 0.3 is 0 Å². The summed E-state index contributed by atoms with van der Waals surface area (Å²) in [4.78, 5) is 0. The van der Waals surface area contributed by atoms with E-state index < -0.39 is 7.37 Å². The number of rotatable bonds is 8. The van der Waals surface area contributed by atoms with Gasteiger partial charge in [0.05, 0.1) is 12.9 Å². The Labute approximate surface area is 103 Å². The molecule has 1 N–H and O–H groups in total. The van der Waals surface area contributed by atoms with E-state index in [-0.39, 0.29) is 0 Å². The van der Waals surface area contributed by atoms with Crippen molar-refractivity contribution in [2.45, 2.75) is 13.5 Å². The highest BCUT2D eigenvalue weighted by Crippen LogP contribution is 2.45. The van der Waals surface area contributed by atoms with Gasteiger partial charge in [-0.3, -0.25) is 4.57 Å². The quantitative estimate of drug-likeness (QED) is 0.571. The number of hydrogen-bond donors (Lipinski definition) is 1. The maximum atomic E-state index is 12.2. The Balaban J connectivity index is 2.42. The highest BCUT2D eigenvalue weighted by atomic mass is 31.2. The molecule has 0 amide bonds. The van der Waals surface area contributed by atoms with E-state index in [2.05, 4.69) is 11.9 Å². The average Bonchev–Trinajstić information content (AvgIpc) is 2.31. The van der Waals surface area contributed by atoms with Crippen molar-refractivity contribution in [2.24, 2.45) is 0 Å². The summed E-state index contributed by atoms with van der Waals surface area (Å²) in [7, 11) is -2.59. The largest absolute Gasteiger partial charge is 0.328 e. The Hall–Kier alpha value is -0.890. The molecule has 0 aliphatic rings. The molecule has 0 aliphatic heterocycles. The molecule has 0 saturated carbocycles. The molecule has 4 heteroatoms. The van der Waals surface area contributed by atoms with Crippen LogP contribution in [0.1, 0.15) is 12.5 Å². The van der Waals surface area contributed by atoms with Gasteiger partial charge < -0.3 is 9.84 Å². The zero-order valence-corrected chi connectivity index (χ0v) is 11.2. The molecular weight excluding hydrogens is 233 g/mol. The minimum absolute atomic E-state index is 0.391. The second kappa shape index (κ2) is 7.44. The van der Waals surface area contributed by atoms with Crippen molar-refractivity contribution in [2.75, 3.05) is 19.1 Å².